The monoisotopic (exact) mass is 577 g/mol. The molecule has 4 rings (SSSR count). The number of anilines is 1. The summed E-state index contributed by atoms with van der Waals surface area (Å²) in [4.78, 5) is 49.0. The lowest BCUT2D eigenvalue weighted by Crippen LogP contribution is -2.45. The molecule has 0 bridgehead atoms. The molecular formula is C15H22ClN5O13P2. The topological polar surface area (TPSA) is 282 Å². The van der Waals surface area contributed by atoms with Crippen LogP contribution in [0.2, 0.25) is 0 Å². The van der Waals surface area contributed by atoms with Crippen molar-refractivity contribution in [3.8, 4) is 0 Å². The maximum atomic E-state index is 11.6. The molecule has 2 fully saturated rings. The van der Waals surface area contributed by atoms with Gasteiger partial charge in [-0.1, -0.05) is 11.6 Å². The summed E-state index contributed by atoms with van der Waals surface area (Å²) in [5, 5.41) is 28.5. The van der Waals surface area contributed by atoms with Crippen LogP contribution in [0.1, 0.15) is 12.6 Å². The van der Waals surface area contributed by atoms with Crippen molar-refractivity contribution in [3.05, 3.63) is 12.7 Å². The zero-order chi connectivity index (χ0) is 26.6. The van der Waals surface area contributed by atoms with Crippen molar-refractivity contribution in [1.29, 1.82) is 0 Å². The van der Waals surface area contributed by atoms with E-state index >= 15 is 0 Å². The first kappa shape index (κ1) is 27.7. The van der Waals surface area contributed by atoms with Crippen molar-refractivity contribution in [2.75, 3.05) is 12.3 Å². The molecule has 2 aliphatic rings. The number of phosphoric ester groups is 2. The number of fused-ring (bicyclic) bond motifs is 1. The number of rotatable bonds is 8. The van der Waals surface area contributed by atoms with Crippen LogP contribution in [0.5, 0.6) is 0 Å². The summed E-state index contributed by atoms with van der Waals surface area (Å²) in [5.41, 5.74) is 6.11. The standard InChI is InChI=1S/C15H22ClN5O13P2/c16-15(11(34-36(28,29)30)10(6(2-22)32-15)33-35(25,26)27)1-5-8(23)9(24)14(31-5)21-4-20-7-12(17)18-3-19-13(7)21/h3-6,8-11,14,22-24H,1-2H2,(H2,17,18,19)(H2,25,26,27)(H2,28,29,30)/t5-,6-,8-,9-,10-,11-,14-,15?/m1/s1. The highest BCUT2D eigenvalue weighted by molar-refractivity contribution is 7.46. The number of aromatic nitrogens is 4. The Bertz CT molecular complexity index is 1210. The second-order valence-corrected chi connectivity index (χ2v) is 11.1. The van der Waals surface area contributed by atoms with Gasteiger partial charge in [-0.2, -0.15) is 0 Å². The van der Waals surface area contributed by atoms with Crippen LogP contribution in [0.4, 0.5) is 5.82 Å². The molecule has 2 aromatic heterocycles. The average molecular weight is 578 g/mol. The number of nitrogen functional groups attached to an aromatic ring is 1. The van der Waals surface area contributed by atoms with Crippen molar-refractivity contribution in [3.63, 3.8) is 0 Å². The van der Waals surface area contributed by atoms with Crippen LogP contribution in [0, 0.1) is 0 Å². The highest BCUT2D eigenvalue weighted by atomic mass is 35.5. The zero-order valence-corrected chi connectivity index (χ0v) is 20.4. The van der Waals surface area contributed by atoms with Crippen LogP contribution in [-0.2, 0) is 27.7 Å². The van der Waals surface area contributed by atoms with Crippen LogP contribution < -0.4 is 5.73 Å². The molecule has 9 N–H and O–H groups in total. The second-order valence-electron chi connectivity index (χ2n) is 8.04. The zero-order valence-electron chi connectivity index (χ0n) is 17.8. The molecule has 0 aliphatic carbocycles. The fraction of sp³-hybridized carbons (Fsp3) is 0.667. The lowest BCUT2D eigenvalue weighted by Gasteiger charge is -2.32. The van der Waals surface area contributed by atoms with E-state index in [4.69, 9.17) is 26.8 Å². The van der Waals surface area contributed by atoms with E-state index in [1.54, 1.807) is 0 Å². The van der Waals surface area contributed by atoms with Crippen molar-refractivity contribution >= 4 is 44.2 Å². The Labute approximate surface area is 206 Å². The number of imidazole rings is 1. The fourth-order valence-electron chi connectivity index (χ4n) is 4.16. The Morgan fingerprint density at radius 2 is 1.75 bits per heavy atom. The number of aliphatic hydroxyl groups excluding tert-OH is 3. The molecule has 0 radical (unpaired) electrons. The summed E-state index contributed by atoms with van der Waals surface area (Å²) >= 11 is 6.46. The molecule has 0 aromatic carbocycles. The van der Waals surface area contributed by atoms with Gasteiger partial charge in [0.15, 0.2) is 22.8 Å². The molecule has 36 heavy (non-hydrogen) atoms. The molecule has 1 unspecified atom stereocenters. The van der Waals surface area contributed by atoms with E-state index < -0.39 is 76.6 Å². The van der Waals surface area contributed by atoms with E-state index in [1.165, 1.54) is 10.9 Å². The van der Waals surface area contributed by atoms with Gasteiger partial charge in [0.05, 0.1) is 19.0 Å². The molecule has 2 aromatic rings. The van der Waals surface area contributed by atoms with Gasteiger partial charge in [-0.05, 0) is 0 Å². The van der Waals surface area contributed by atoms with Gasteiger partial charge < -0.3 is 50.1 Å². The number of hydrogen-bond donors (Lipinski definition) is 8. The van der Waals surface area contributed by atoms with Crippen LogP contribution in [-0.4, -0.2) is 103 Å². The van der Waals surface area contributed by atoms with E-state index in [-0.39, 0.29) is 17.0 Å². The predicted octanol–water partition coefficient (Wildman–Crippen LogP) is -2.30. The van der Waals surface area contributed by atoms with Gasteiger partial charge in [0.1, 0.15) is 42.4 Å². The molecule has 4 heterocycles. The van der Waals surface area contributed by atoms with E-state index in [9.17, 15) is 44.0 Å². The van der Waals surface area contributed by atoms with Gasteiger partial charge in [0.25, 0.3) is 0 Å². The Balaban J connectivity index is 1.63. The number of alkyl halides is 1. The normalized spacial score (nSPS) is 35.6. The third kappa shape index (κ3) is 5.43. The largest absolute Gasteiger partial charge is 0.470 e. The number of halogens is 1. The smallest absolute Gasteiger partial charge is 0.394 e. The lowest BCUT2D eigenvalue weighted by atomic mass is 9.99. The van der Waals surface area contributed by atoms with Crippen LogP contribution in [0.3, 0.4) is 0 Å². The molecule has 0 saturated carbocycles. The highest BCUT2D eigenvalue weighted by Gasteiger charge is 2.61. The first-order chi connectivity index (χ1) is 16.6. The van der Waals surface area contributed by atoms with E-state index in [2.05, 4.69) is 24.0 Å². The quantitative estimate of drug-likeness (QED) is 0.121. The Morgan fingerprint density at radius 1 is 1.08 bits per heavy atom. The summed E-state index contributed by atoms with van der Waals surface area (Å²) in [5.74, 6) is 0.0472. The SMILES string of the molecule is Nc1ncnc2c1ncn2[C@@H]1O[C@H](CC2(Cl)O[C@H](CO)[C@@H](OP(=O)(O)O)[C@H]2OP(=O)(O)O)[C@@H](O)[C@H]1O. The van der Waals surface area contributed by atoms with Crippen LogP contribution in [0.25, 0.3) is 11.2 Å². The van der Waals surface area contributed by atoms with Gasteiger partial charge in [-0.3, -0.25) is 13.6 Å². The second kappa shape index (κ2) is 9.76. The third-order valence-corrected chi connectivity index (χ3v) is 7.08. The van der Waals surface area contributed by atoms with Crippen molar-refractivity contribution in [1.82, 2.24) is 19.5 Å². The molecule has 0 spiro atoms. The number of aliphatic hydroxyl groups is 3. The number of nitrogens with zero attached hydrogens (tertiary/aromatic N) is 4. The fourth-order valence-corrected chi connectivity index (χ4v) is 5.80. The third-order valence-electron chi connectivity index (χ3n) is 5.60. The van der Waals surface area contributed by atoms with E-state index in [0.717, 1.165) is 6.33 Å². The highest BCUT2D eigenvalue weighted by Crippen LogP contribution is 2.53. The number of ether oxygens (including phenoxy) is 2. The van der Waals surface area contributed by atoms with Gasteiger partial charge >= 0.3 is 15.6 Å². The maximum Gasteiger partial charge on any atom is 0.470 e. The first-order valence-electron chi connectivity index (χ1n) is 10.0. The minimum atomic E-state index is -5.36. The van der Waals surface area contributed by atoms with Gasteiger partial charge in [-0.25, -0.2) is 24.1 Å². The number of hydrogen-bond acceptors (Lipinski definition) is 13. The first-order valence-corrected chi connectivity index (χ1v) is 13.5. The van der Waals surface area contributed by atoms with Crippen LogP contribution >= 0.6 is 27.2 Å². The summed E-state index contributed by atoms with van der Waals surface area (Å²) in [6, 6.07) is 0. The maximum absolute atomic E-state index is 11.6. The molecule has 202 valence electrons. The predicted molar refractivity (Wildman–Crippen MR) is 115 cm³/mol. The number of nitrogens with two attached hydrogens (primary N) is 1. The minimum Gasteiger partial charge on any atom is -0.394 e. The molecule has 18 nitrogen and oxygen atoms in total. The van der Waals surface area contributed by atoms with Crippen molar-refractivity contribution < 1.29 is 62.5 Å². The summed E-state index contributed by atoms with van der Waals surface area (Å²) in [6.45, 7) is -0.943. The van der Waals surface area contributed by atoms with Crippen molar-refractivity contribution in [2.24, 2.45) is 0 Å². The van der Waals surface area contributed by atoms with Gasteiger partial charge in [-0.15, -0.1) is 0 Å². The Kier molecular flexibility index (Phi) is 7.50. The van der Waals surface area contributed by atoms with Crippen LogP contribution in [0.15, 0.2) is 12.7 Å². The molecule has 8 atom stereocenters. The summed E-state index contributed by atoms with van der Waals surface area (Å²) in [7, 11) is -10.6. The Hall–Kier alpha value is -1.34. The van der Waals surface area contributed by atoms with E-state index in [1.807, 2.05) is 0 Å². The summed E-state index contributed by atoms with van der Waals surface area (Å²) < 4.78 is 44.6. The molecule has 0 amide bonds. The molecule has 2 saturated heterocycles. The minimum absolute atomic E-state index is 0.0472. The van der Waals surface area contributed by atoms with E-state index in [0.29, 0.717) is 0 Å². The van der Waals surface area contributed by atoms with Gasteiger partial charge in [0, 0.05) is 6.42 Å². The molecule has 21 heteroatoms. The lowest BCUT2D eigenvalue weighted by molar-refractivity contribution is -0.0914. The molecule has 2 aliphatic heterocycles. The number of phosphoric acid groups is 2. The average Bonchev–Trinajstić information content (AvgIpc) is 3.37. The van der Waals surface area contributed by atoms with Crippen molar-refractivity contribution in [2.45, 2.75) is 54.3 Å². The van der Waals surface area contributed by atoms with Gasteiger partial charge in [0.2, 0.25) is 0 Å². The Morgan fingerprint density at radius 3 is 2.36 bits per heavy atom. The summed E-state index contributed by atoms with van der Waals surface area (Å²) in [6.07, 6.45) is -9.84. The molecular weight excluding hydrogens is 556 g/mol.